The zero-order valence-electron chi connectivity index (χ0n) is 9.69. The zero-order chi connectivity index (χ0) is 11.8. The molecule has 0 aliphatic heterocycles. The molecule has 1 aliphatic rings. The Morgan fingerprint density at radius 3 is 2.44 bits per heavy atom. The second-order valence-corrected chi connectivity index (χ2v) is 4.42. The number of carboxylic acids is 1. The molecule has 0 radical (unpaired) electrons. The predicted octanol–water partition coefficient (Wildman–Crippen LogP) is 2.01. The van der Waals surface area contributed by atoms with Gasteiger partial charge in [-0.05, 0) is 12.8 Å². The van der Waals surface area contributed by atoms with Gasteiger partial charge >= 0.3 is 5.97 Å². The van der Waals surface area contributed by atoms with E-state index in [0.717, 1.165) is 12.8 Å². The summed E-state index contributed by atoms with van der Waals surface area (Å²) in [4.78, 5) is 12.6. The zero-order valence-corrected chi connectivity index (χ0v) is 9.69. The summed E-state index contributed by atoms with van der Waals surface area (Å²) in [6, 6.07) is 2.56. The summed E-state index contributed by atoms with van der Waals surface area (Å²) >= 11 is 0. The highest BCUT2D eigenvalue weighted by Gasteiger charge is 2.20. The summed E-state index contributed by atoms with van der Waals surface area (Å²) < 4.78 is 0. The minimum Gasteiger partial charge on any atom is -0.481 e. The maximum Gasteiger partial charge on any atom is 0.304 e. The highest BCUT2D eigenvalue weighted by atomic mass is 16.4. The smallest absolute Gasteiger partial charge is 0.304 e. The van der Waals surface area contributed by atoms with Gasteiger partial charge in [-0.15, -0.1) is 0 Å². The minimum absolute atomic E-state index is 0.137. The monoisotopic (exact) mass is 224 g/mol. The number of nitrogens with zero attached hydrogens (tertiary/aromatic N) is 2. The highest BCUT2D eigenvalue weighted by Crippen LogP contribution is 2.21. The molecule has 0 bridgehead atoms. The van der Waals surface area contributed by atoms with Crippen LogP contribution in [0, 0.1) is 11.3 Å². The van der Waals surface area contributed by atoms with Crippen molar-refractivity contribution in [1.29, 1.82) is 5.26 Å². The summed E-state index contributed by atoms with van der Waals surface area (Å²) in [7, 11) is 0. The molecule has 1 rings (SSSR count). The van der Waals surface area contributed by atoms with E-state index in [0.29, 0.717) is 19.1 Å². The van der Waals surface area contributed by atoms with Crippen molar-refractivity contribution in [2.45, 2.75) is 51.0 Å². The number of nitriles is 1. The topological polar surface area (TPSA) is 64.3 Å². The van der Waals surface area contributed by atoms with Gasteiger partial charge in [0.1, 0.15) is 0 Å². The molecule has 0 aromatic rings. The van der Waals surface area contributed by atoms with Crippen molar-refractivity contribution < 1.29 is 9.90 Å². The average molecular weight is 224 g/mol. The Kier molecular flexibility index (Phi) is 5.87. The second-order valence-electron chi connectivity index (χ2n) is 4.42. The van der Waals surface area contributed by atoms with Crippen LogP contribution in [-0.2, 0) is 4.79 Å². The molecule has 0 heterocycles. The Labute approximate surface area is 96.9 Å². The van der Waals surface area contributed by atoms with Gasteiger partial charge in [-0.25, -0.2) is 0 Å². The fourth-order valence-electron chi connectivity index (χ4n) is 2.34. The third-order valence-electron chi connectivity index (χ3n) is 3.23. The van der Waals surface area contributed by atoms with Gasteiger partial charge in [0.25, 0.3) is 0 Å². The molecular formula is C12H20N2O2. The molecule has 16 heavy (non-hydrogen) atoms. The number of carbonyl (C=O) groups is 1. The second kappa shape index (κ2) is 7.24. The van der Waals surface area contributed by atoms with Crippen LogP contribution in [0.5, 0.6) is 0 Å². The Balaban J connectivity index is 2.46. The Bertz CT molecular complexity index is 252. The van der Waals surface area contributed by atoms with Crippen LogP contribution >= 0.6 is 0 Å². The van der Waals surface area contributed by atoms with E-state index >= 15 is 0 Å². The third-order valence-corrected chi connectivity index (χ3v) is 3.23. The molecule has 4 nitrogen and oxygen atoms in total. The minimum atomic E-state index is -0.781. The molecule has 0 saturated heterocycles. The molecular weight excluding hydrogens is 204 g/mol. The maximum atomic E-state index is 10.5. The van der Waals surface area contributed by atoms with E-state index in [-0.39, 0.29) is 6.42 Å². The fourth-order valence-corrected chi connectivity index (χ4v) is 2.34. The first-order chi connectivity index (χ1) is 7.74. The van der Waals surface area contributed by atoms with Gasteiger partial charge in [0, 0.05) is 12.6 Å². The lowest BCUT2D eigenvalue weighted by atomic mass is 10.1. The van der Waals surface area contributed by atoms with Gasteiger partial charge in [-0.3, -0.25) is 9.69 Å². The van der Waals surface area contributed by atoms with E-state index in [1.165, 1.54) is 25.7 Å². The fraction of sp³-hybridized carbons (Fsp3) is 0.833. The van der Waals surface area contributed by atoms with Crippen LogP contribution in [0.25, 0.3) is 0 Å². The van der Waals surface area contributed by atoms with Crippen molar-refractivity contribution >= 4 is 5.97 Å². The summed E-state index contributed by atoms with van der Waals surface area (Å²) in [5, 5.41) is 17.4. The van der Waals surface area contributed by atoms with E-state index in [1.54, 1.807) is 0 Å². The van der Waals surface area contributed by atoms with Gasteiger partial charge in [-0.2, -0.15) is 5.26 Å². The molecule has 0 amide bonds. The molecule has 1 saturated carbocycles. The van der Waals surface area contributed by atoms with Crippen LogP contribution in [0.3, 0.4) is 0 Å². The summed E-state index contributed by atoms with van der Waals surface area (Å²) in [5.74, 6) is -0.781. The van der Waals surface area contributed by atoms with Crippen molar-refractivity contribution in [3.63, 3.8) is 0 Å². The molecule has 0 aromatic carbocycles. The SMILES string of the molecule is N#CCN(CCC(=O)O)C1CCCCCC1. The molecule has 4 heteroatoms. The lowest BCUT2D eigenvalue weighted by molar-refractivity contribution is -0.137. The standard InChI is InChI=1S/C12H20N2O2/c13-8-10-14(9-7-12(15)16)11-5-3-1-2-4-6-11/h11H,1-7,9-10H2,(H,15,16). The van der Waals surface area contributed by atoms with Gasteiger partial charge < -0.3 is 5.11 Å². The Morgan fingerprint density at radius 2 is 1.94 bits per heavy atom. The van der Waals surface area contributed by atoms with Gasteiger partial charge in [0.15, 0.2) is 0 Å². The first kappa shape index (κ1) is 13.0. The van der Waals surface area contributed by atoms with E-state index < -0.39 is 5.97 Å². The summed E-state index contributed by atoms with van der Waals surface area (Å²) in [6.45, 7) is 0.867. The summed E-state index contributed by atoms with van der Waals surface area (Å²) in [5.41, 5.74) is 0. The van der Waals surface area contributed by atoms with Crippen LogP contribution in [0.1, 0.15) is 44.9 Å². The Morgan fingerprint density at radius 1 is 1.31 bits per heavy atom. The van der Waals surface area contributed by atoms with Crippen LogP contribution in [-0.4, -0.2) is 35.1 Å². The molecule has 1 N–H and O–H groups in total. The molecule has 0 unspecified atom stereocenters. The van der Waals surface area contributed by atoms with Crippen molar-refractivity contribution in [1.82, 2.24) is 4.90 Å². The lowest BCUT2D eigenvalue weighted by Crippen LogP contribution is -2.36. The number of hydrogen-bond acceptors (Lipinski definition) is 3. The largest absolute Gasteiger partial charge is 0.481 e. The number of aliphatic carboxylic acids is 1. The average Bonchev–Trinajstić information content (AvgIpc) is 2.52. The number of carboxylic acid groups (broad SMARTS) is 1. The predicted molar refractivity (Wildman–Crippen MR) is 60.9 cm³/mol. The first-order valence-electron chi connectivity index (χ1n) is 6.07. The van der Waals surface area contributed by atoms with Crippen molar-refractivity contribution in [3.05, 3.63) is 0 Å². The van der Waals surface area contributed by atoms with E-state index in [9.17, 15) is 4.79 Å². The van der Waals surface area contributed by atoms with Gasteiger partial charge in [-0.1, -0.05) is 25.7 Å². The van der Waals surface area contributed by atoms with Crippen LogP contribution in [0.4, 0.5) is 0 Å². The van der Waals surface area contributed by atoms with Crippen LogP contribution in [0.2, 0.25) is 0 Å². The molecule has 0 spiro atoms. The van der Waals surface area contributed by atoms with Crippen molar-refractivity contribution in [2.24, 2.45) is 0 Å². The van der Waals surface area contributed by atoms with Crippen LogP contribution in [0.15, 0.2) is 0 Å². The van der Waals surface area contributed by atoms with E-state index in [2.05, 4.69) is 6.07 Å². The first-order valence-corrected chi connectivity index (χ1v) is 6.07. The van der Waals surface area contributed by atoms with Gasteiger partial charge in [0.2, 0.25) is 0 Å². The highest BCUT2D eigenvalue weighted by molar-refractivity contribution is 5.66. The number of rotatable bonds is 5. The van der Waals surface area contributed by atoms with Gasteiger partial charge in [0.05, 0.1) is 19.0 Å². The van der Waals surface area contributed by atoms with Crippen molar-refractivity contribution in [2.75, 3.05) is 13.1 Å². The number of hydrogen-bond donors (Lipinski definition) is 1. The van der Waals surface area contributed by atoms with E-state index in [4.69, 9.17) is 10.4 Å². The lowest BCUT2D eigenvalue weighted by Gasteiger charge is -2.28. The quantitative estimate of drug-likeness (QED) is 0.573. The normalized spacial score (nSPS) is 18.0. The molecule has 1 aliphatic carbocycles. The molecule has 1 fully saturated rings. The Hall–Kier alpha value is -1.08. The maximum absolute atomic E-state index is 10.5. The third kappa shape index (κ3) is 4.63. The molecule has 90 valence electrons. The van der Waals surface area contributed by atoms with Crippen molar-refractivity contribution in [3.8, 4) is 6.07 Å². The summed E-state index contributed by atoms with van der Waals surface area (Å²) in [6.07, 6.45) is 7.33. The van der Waals surface area contributed by atoms with Crippen LogP contribution < -0.4 is 0 Å². The molecule has 0 atom stereocenters. The van der Waals surface area contributed by atoms with E-state index in [1.807, 2.05) is 4.90 Å². The molecule has 0 aromatic heterocycles.